The van der Waals surface area contributed by atoms with Gasteiger partial charge in [0, 0.05) is 32.2 Å². The lowest BCUT2D eigenvalue weighted by Gasteiger charge is -2.40. The van der Waals surface area contributed by atoms with Gasteiger partial charge >= 0.3 is 0 Å². The number of hydrogen-bond donors (Lipinski definition) is 1. The fourth-order valence-electron chi connectivity index (χ4n) is 4.24. The number of halogens is 2. The van der Waals surface area contributed by atoms with Gasteiger partial charge in [-0.2, -0.15) is 0 Å². The second-order valence-corrected chi connectivity index (χ2v) is 6.58. The fourth-order valence-corrected chi connectivity index (χ4v) is 4.24. The number of hydrogen-bond acceptors (Lipinski definition) is 2. The number of piperazine rings is 1. The predicted molar refractivity (Wildman–Crippen MR) is 99.6 cm³/mol. The summed E-state index contributed by atoms with van der Waals surface area (Å²) in [7, 11) is 0. The molecule has 0 aromatic heterocycles. The molecule has 1 heterocycles. The molecule has 1 aromatic carbocycles. The lowest BCUT2D eigenvalue weighted by Crippen LogP contribution is -2.47. The van der Waals surface area contributed by atoms with Crippen LogP contribution >= 0.6 is 24.8 Å². The molecule has 2 fully saturated rings. The van der Waals surface area contributed by atoms with E-state index in [9.17, 15) is 0 Å². The Kier molecular flexibility index (Phi) is 8.20. The average Bonchev–Trinajstić information content (AvgIpc) is 2.98. The van der Waals surface area contributed by atoms with E-state index in [1.807, 2.05) is 0 Å². The van der Waals surface area contributed by atoms with Crippen LogP contribution in [0.2, 0.25) is 0 Å². The normalized spacial score (nSPS) is 21.0. The van der Waals surface area contributed by atoms with Crippen molar-refractivity contribution in [1.29, 1.82) is 0 Å². The molecule has 0 bridgehead atoms. The van der Waals surface area contributed by atoms with Gasteiger partial charge in [0.15, 0.2) is 0 Å². The summed E-state index contributed by atoms with van der Waals surface area (Å²) in [5, 5.41) is 3.50. The zero-order valence-corrected chi connectivity index (χ0v) is 15.4. The van der Waals surface area contributed by atoms with E-state index in [1.54, 1.807) is 5.56 Å². The highest BCUT2D eigenvalue weighted by Gasteiger charge is 2.33. The highest BCUT2D eigenvalue weighted by atomic mass is 35.5. The molecule has 1 aliphatic heterocycles. The Morgan fingerprint density at radius 1 is 1.00 bits per heavy atom. The van der Waals surface area contributed by atoms with Gasteiger partial charge in [-0.1, -0.05) is 31.0 Å². The number of benzene rings is 1. The van der Waals surface area contributed by atoms with Crippen LogP contribution in [0.1, 0.15) is 48.4 Å². The molecule has 1 aromatic rings. The molecule has 0 radical (unpaired) electrons. The highest BCUT2D eigenvalue weighted by molar-refractivity contribution is 5.85. The SMILES string of the molecule is Cc1cccc(C)c1[C@@H](C1CCCC1)N1CCNCC1.Cl.Cl. The van der Waals surface area contributed by atoms with Crippen molar-refractivity contribution in [2.24, 2.45) is 5.92 Å². The summed E-state index contributed by atoms with van der Waals surface area (Å²) in [5.41, 5.74) is 4.60. The summed E-state index contributed by atoms with van der Waals surface area (Å²) in [6, 6.07) is 7.46. The lowest BCUT2D eigenvalue weighted by molar-refractivity contribution is 0.124. The first-order valence-electron chi connectivity index (χ1n) is 8.28. The maximum Gasteiger partial charge on any atom is 0.0382 e. The van der Waals surface area contributed by atoms with Gasteiger partial charge in [-0.25, -0.2) is 0 Å². The van der Waals surface area contributed by atoms with Crippen LogP contribution in [0.3, 0.4) is 0 Å². The Balaban J connectivity index is 0.00000121. The molecular formula is C18H30Cl2N2. The summed E-state index contributed by atoms with van der Waals surface area (Å²) >= 11 is 0. The van der Waals surface area contributed by atoms with Crippen LogP contribution in [-0.4, -0.2) is 31.1 Å². The first-order valence-corrected chi connectivity index (χ1v) is 8.28. The van der Waals surface area contributed by atoms with Crippen molar-refractivity contribution in [3.63, 3.8) is 0 Å². The summed E-state index contributed by atoms with van der Waals surface area (Å²) < 4.78 is 0. The van der Waals surface area contributed by atoms with Crippen LogP contribution in [0.15, 0.2) is 18.2 Å². The van der Waals surface area contributed by atoms with Gasteiger partial charge in [0.05, 0.1) is 0 Å². The monoisotopic (exact) mass is 344 g/mol. The number of rotatable bonds is 3. The van der Waals surface area contributed by atoms with E-state index in [2.05, 4.69) is 42.3 Å². The number of aryl methyl sites for hydroxylation is 2. The summed E-state index contributed by atoms with van der Waals surface area (Å²) in [6.07, 6.45) is 5.70. The number of nitrogens with zero attached hydrogens (tertiary/aromatic N) is 1. The fraction of sp³-hybridized carbons (Fsp3) is 0.667. The van der Waals surface area contributed by atoms with Gasteiger partial charge < -0.3 is 5.32 Å². The standard InChI is InChI=1S/C18H28N2.2ClH/c1-14-6-5-7-15(2)17(14)18(16-8-3-4-9-16)20-12-10-19-11-13-20;;/h5-7,16,18-19H,3-4,8-13H2,1-2H3;2*1H/t18-;;/m1../s1. The van der Waals surface area contributed by atoms with Crippen LogP contribution in [0.5, 0.6) is 0 Å². The Bertz CT molecular complexity index is 432. The largest absolute Gasteiger partial charge is 0.314 e. The molecule has 3 rings (SSSR count). The molecule has 1 saturated heterocycles. The molecule has 1 N–H and O–H groups in total. The Morgan fingerprint density at radius 3 is 2.09 bits per heavy atom. The molecule has 126 valence electrons. The Hall–Kier alpha value is -0.280. The molecule has 1 atom stereocenters. The zero-order chi connectivity index (χ0) is 13.9. The molecule has 0 amide bonds. The van der Waals surface area contributed by atoms with Crippen LogP contribution < -0.4 is 5.32 Å². The minimum absolute atomic E-state index is 0. The van der Waals surface area contributed by atoms with Crippen molar-refractivity contribution < 1.29 is 0 Å². The third-order valence-corrected chi connectivity index (χ3v) is 5.23. The second-order valence-electron chi connectivity index (χ2n) is 6.58. The molecule has 4 heteroatoms. The molecular weight excluding hydrogens is 315 g/mol. The van der Waals surface area contributed by atoms with Crippen molar-refractivity contribution in [2.75, 3.05) is 26.2 Å². The second kappa shape index (κ2) is 9.12. The minimum Gasteiger partial charge on any atom is -0.314 e. The number of nitrogens with one attached hydrogen (secondary N) is 1. The molecule has 2 nitrogen and oxygen atoms in total. The minimum atomic E-state index is 0. The van der Waals surface area contributed by atoms with Crippen LogP contribution in [-0.2, 0) is 0 Å². The Morgan fingerprint density at radius 2 is 1.55 bits per heavy atom. The quantitative estimate of drug-likeness (QED) is 0.879. The van der Waals surface area contributed by atoms with E-state index < -0.39 is 0 Å². The van der Waals surface area contributed by atoms with Gasteiger partial charge in [-0.3, -0.25) is 4.90 Å². The third-order valence-electron chi connectivity index (χ3n) is 5.23. The summed E-state index contributed by atoms with van der Waals surface area (Å²) in [5.74, 6) is 0.868. The van der Waals surface area contributed by atoms with E-state index >= 15 is 0 Å². The van der Waals surface area contributed by atoms with Gasteiger partial charge in [0.25, 0.3) is 0 Å². The molecule has 22 heavy (non-hydrogen) atoms. The molecule has 1 aliphatic carbocycles. The van der Waals surface area contributed by atoms with E-state index in [0.717, 1.165) is 19.0 Å². The highest BCUT2D eigenvalue weighted by Crippen LogP contribution is 2.41. The van der Waals surface area contributed by atoms with Crippen LogP contribution in [0, 0.1) is 19.8 Å². The van der Waals surface area contributed by atoms with Crippen molar-refractivity contribution in [3.8, 4) is 0 Å². The predicted octanol–water partition coefficient (Wildman–Crippen LogP) is 4.28. The van der Waals surface area contributed by atoms with E-state index in [0.29, 0.717) is 6.04 Å². The zero-order valence-electron chi connectivity index (χ0n) is 13.8. The first-order chi connectivity index (χ1) is 9.77. The molecule has 0 spiro atoms. The topological polar surface area (TPSA) is 15.3 Å². The molecule has 1 saturated carbocycles. The molecule has 2 aliphatic rings. The summed E-state index contributed by atoms with van der Waals surface area (Å²) in [6.45, 7) is 9.30. The van der Waals surface area contributed by atoms with Gasteiger partial charge in [-0.15, -0.1) is 24.8 Å². The van der Waals surface area contributed by atoms with E-state index in [1.165, 1.54) is 49.9 Å². The average molecular weight is 345 g/mol. The van der Waals surface area contributed by atoms with E-state index in [4.69, 9.17) is 0 Å². The van der Waals surface area contributed by atoms with Crippen LogP contribution in [0.25, 0.3) is 0 Å². The van der Waals surface area contributed by atoms with Crippen molar-refractivity contribution in [2.45, 2.75) is 45.6 Å². The lowest BCUT2D eigenvalue weighted by atomic mass is 9.85. The van der Waals surface area contributed by atoms with Crippen molar-refractivity contribution >= 4 is 24.8 Å². The van der Waals surface area contributed by atoms with Gasteiger partial charge in [0.1, 0.15) is 0 Å². The van der Waals surface area contributed by atoms with Crippen molar-refractivity contribution in [1.82, 2.24) is 10.2 Å². The summed E-state index contributed by atoms with van der Waals surface area (Å²) in [4.78, 5) is 2.75. The third kappa shape index (κ3) is 4.17. The molecule has 0 unspecified atom stereocenters. The van der Waals surface area contributed by atoms with Gasteiger partial charge in [-0.05, 0) is 49.3 Å². The van der Waals surface area contributed by atoms with Gasteiger partial charge in [0.2, 0.25) is 0 Å². The van der Waals surface area contributed by atoms with E-state index in [-0.39, 0.29) is 24.8 Å². The maximum atomic E-state index is 3.50. The smallest absolute Gasteiger partial charge is 0.0382 e. The maximum absolute atomic E-state index is 3.50. The van der Waals surface area contributed by atoms with Crippen molar-refractivity contribution in [3.05, 3.63) is 34.9 Å². The Labute approximate surface area is 147 Å². The van der Waals surface area contributed by atoms with Crippen LogP contribution in [0.4, 0.5) is 0 Å². The first kappa shape index (κ1) is 19.8.